The quantitative estimate of drug-likeness (QED) is 0.409. The first-order valence-electron chi connectivity index (χ1n) is 6.66. The van der Waals surface area contributed by atoms with Crippen LogP contribution in [0.15, 0.2) is 0 Å². The monoisotopic (exact) mass is 290 g/mol. The molecular weight excluding hydrogens is 264 g/mol. The van der Waals surface area contributed by atoms with Gasteiger partial charge in [0.2, 0.25) is 0 Å². The molecule has 4 nitrogen and oxygen atoms in total. The summed E-state index contributed by atoms with van der Waals surface area (Å²) in [5.41, 5.74) is 0. The summed E-state index contributed by atoms with van der Waals surface area (Å²) in [6, 6.07) is 0. The van der Waals surface area contributed by atoms with E-state index in [-0.39, 0.29) is 36.3 Å². The first kappa shape index (κ1) is 20.9. The van der Waals surface area contributed by atoms with Crippen molar-refractivity contribution >= 4 is 33.5 Å². The van der Waals surface area contributed by atoms with Crippen LogP contribution in [0.25, 0.3) is 0 Å². The predicted octanol–water partition coefficient (Wildman–Crippen LogP) is 3.04. The maximum absolute atomic E-state index is 11.3. The molecule has 6 heteroatoms. The molecular formula is C12H26MgO4S+2. The molecule has 0 heterocycles. The van der Waals surface area contributed by atoms with E-state index in [0.29, 0.717) is 0 Å². The molecule has 0 bridgehead atoms. The van der Waals surface area contributed by atoms with Gasteiger partial charge in [-0.05, 0) is 12.8 Å². The normalized spacial score (nSPS) is 11.2. The molecule has 0 fully saturated rings. The Hall–Kier alpha value is 0.636. The van der Waals surface area contributed by atoms with Crippen molar-refractivity contribution in [1.82, 2.24) is 0 Å². The fourth-order valence-electron chi connectivity index (χ4n) is 1.41. The Labute approximate surface area is 128 Å². The molecule has 0 radical (unpaired) electrons. The van der Waals surface area contributed by atoms with Crippen LogP contribution in [0.1, 0.15) is 65.2 Å². The van der Waals surface area contributed by atoms with Gasteiger partial charge in [0.15, 0.2) is 0 Å². The van der Waals surface area contributed by atoms with E-state index in [4.69, 9.17) is 8.37 Å². The Bertz CT molecular complexity index is 235. The van der Waals surface area contributed by atoms with Crippen LogP contribution in [0, 0.1) is 0 Å². The van der Waals surface area contributed by atoms with Crippen LogP contribution < -0.4 is 0 Å². The molecule has 0 aliphatic heterocycles. The Balaban J connectivity index is 0. The van der Waals surface area contributed by atoms with Crippen molar-refractivity contribution in [3.63, 3.8) is 0 Å². The van der Waals surface area contributed by atoms with Crippen molar-refractivity contribution in [2.75, 3.05) is 13.2 Å². The minimum atomic E-state index is -3.76. The minimum absolute atomic E-state index is 0. The van der Waals surface area contributed by atoms with Crippen LogP contribution >= 0.6 is 0 Å². The van der Waals surface area contributed by atoms with E-state index in [9.17, 15) is 8.42 Å². The summed E-state index contributed by atoms with van der Waals surface area (Å²) >= 11 is 0. The molecule has 0 unspecified atom stereocenters. The standard InChI is InChI=1S/C12H26O4S.Mg/c1-3-5-7-9-11-15-17(13,14)16-12-10-8-6-4-2;/h3-12H2,1-2H3;/q;+2. The number of hydrogen-bond donors (Lipinski definition) is 0. The zero-order valence-corrected chi connectivity index (χ0v) is 14.1. The van der Waals surface area contributed by atoms with E-state index in [1.54, 1.807) is 0 Å². The van der Waals surface area contributed by atoms with E-state index < -0.39 is 10.4 Å². The van der Waals surface area contributed by atoms with Gasteiger partial charge in [-0.3, -0.25) is 0 Å². The van der Waals surface area contributed by atoms with Crippen LogP contribution in [0.5, 0.6) is 0 Å². The molecule has 104 valence electrons. The topological polar surface area (TPSA) is 52.6 Å². The third-order valence-corrected chi connectivity index (χ3v) is 3.36. The largest absolute Gasteiger partial charge is 2.00 e. The van der Waals surface area contributed by atoms with Gasteiger partial charge in [-0.1, -0.05) is 52.4 Å². The zero-order valence-electron chi connectivity index (χ0n) is 11.8. The molecule has 0 aliphatic rings. The van der Waals surface area contributed by atoms with E-state index >= 15 is 0 Å². The van der Waals surface area contributed by atoms with Crippen molar-refractivity contribution in [2.24, 2.45) is 0 Å². The summed E-state index contributed by atoms with van der Waals surface area (Å²) in [6.45, 7) is 4.68. The fourth-order valence-corrected chi connectivity index (χ4v) is 2.13. The van der Waals surface area contributed by atoms with Crippen molar-refractivity contribution in [1.29, 1.82) is 0 Å². The Morgan fingerprint density at radius 2 is 1.11 bits per heavy atom. The first-order chi connectivity index (χ1) is 8.12. The average Bonchev–Trinajstić information content (AvgIpc) is 2.28. The molecule has 0 saturated carbocycles. The average molecular weight is 291 g/mol. The predicted molar refractivity (Wildman–Crippen MR) is 74.9 cm³/mol. The molecule has 0 saturated heterocycles. The van der Waals surface area contributed by atoms with Gasteiger partial charge in [-0.15, -0.1) is 0 Å². The van der Waals surface area contributed by atoms with Crippen LogP contribution in [-0.2, 0) is 18.8 Å². The molecule has 0 rings (SSSR count). The van der Waals surface area contributed by atoms with Gasteiger partial charge < -0.3 is 0 Å². The van der Waals surface area contributed by atoms with E-state index in [1.165, 1.54) is 0 Å². The molecule has 0 aromatic carbocycles. The first-order valence-corrected chi connectivity index (χ1v) is 7.99. The van der Waals surface area contributed by atoms with E-state index in [1.807, 2.05) is 0 Å². The second-order valence-corrected chi connectivity index (χ2v) is 5.46. The molecule has 0 N–H and O–H groups in total. The SMILES string of the molecule is CCCCCCOS(=O)(=O)OCCCCCC.[Mg+2]. The van der Waals surface area contributed by atoms with Crippen molar-refractivity contribution in [2.45, 2.75) is 65.2 Å². The van der Waals surface area contributed by atoms with Gasteiger partial charge in [0.25, 0.3) is 0 Å². The summed E-state index contributed by atoms with van der Waals surface area (Å²) in [7, 11) is -3.76. The third-order valence-electron chi connectivity index (χ3n) is 2.45. The van der Waals surface area contributed by atoms with Crippen LogP contribution in [0.2, 0.25) is 0 Å². The van der Waals surface area contributed by atoms with Crippen molar-refractivity contribution in [3.8, 4) is 0 Å². The third kappa shape index (κ3) is 14.7. The van der Waals surface area contributed by atoms with Crippen molar-refractivity contribution in [3.05, 3.63) is 0 Å². The zero-order chi connectivity index (χ0) is 13.0. The van der Waals surface area contributed by atoms with E-state index in [2.05, 4.69) is 13.8 Å². The summed E-state index contributed by atoms with van der Waals surface area (Å²) in [5.74, 6) is 0. The number of unbranched alkanes of at least 4 members (excludes halogenated alkanes) is 6. The van der Waals surface area contributed by atoms with Gasteiger partial charge >= 0.3 is 33.5 Å². The molecule has 0 aromatic rings. The molecule has 0 aromatic heterocycles. The molecule has 0 amide bonds. The van der Waals surface area contributed by atoms with Gasteiger partial charge in [0.05, 0.1) is 13.2 Å². The maximum Gasteiger partial charge on any atom is 2.00 e. The molecule has 0 aliphatic carbocycles. The second-order valence-electron chi connectivity index (χ2n) is 4.17. The number of rotatable bonds is 12. The maximum atomic E-state index is 11.3. The summed E-state index contributed by atoms with van der Waals surface area (Å²) in [4.78, 5) is 0. The molecule has 0 atom stereocenters. The van der Waals surface area contributed by atoms with Crippen LogP contribution in [0.3, 0.4) is 0 Å². The molecule has 0 spiro atoms. The second kappa shape index (κ2) is 14.1. The number of hydrogen-bond acceptors (Lipinski definition) is 4. The van der Waals surface area contributed by atoms with Gasteiger partial charge in [-0.25, -0.2) is 8.37 Å². The Morgan fingerprint density at radius 1 is 0.722 bits per heavy atom. The molecule has 18 heavy (non-hydrogen) atoms. The smallest absolute Gasteiger partial charge is 0.248 e. The Kier molecular flexibility index (Phi) is 16.4. The summed E-state index contributed by atoms with van der Waals surface area (Å²) in [5, 5.41) is 0. The summed E-state index contributed by atoms with van der Waals surface area (Å²) in [6.07, 6.45) is 8.02. The van der Waals surface area contributed by atoms with Gasteiger partial charge in [-0.2, -0.15) is 8.42 Å². The van der Waals surface area contributed by atoms with Crippen LogP contribution in [0.4, 0.5) is 0 Å². The van der Waals surface area contributed by atoms with E-state index in [0.717, 1.165) is 51.4 Å². The fraction of sp³-hybridized carbons (Fsp3) is 1.00. The Morgan fingerprint density at radius 3 is 1.44 bits per heavy atom. The van der Waals surface area contributed by atoms with Gasteiger partial charge in [0.1, 0.15) is 0 Å². The summed E-state index contributed by atoms with van der Waals surface area (Å²) < 4.78 is 32.0. The van der Waals surface area contributed by atoms with Gasteiger partial charge in [0, 0.05) is 0 Å². The van der Waals surface area contributed by atoms with Crippen molar-refractivity contribution < 1.29 is 16.8 Å². The minimum Gasteiger partial charge on any atom is -0.248 e. The van der Waals surface area contributed by atoms with Crippen LogP contribution in [-0.4, -0.2) is 44.7 Å².